The maximum Gasteiger partial charge on any atom is 0.255 e. The fraction of sp³-hybridized carbons (Fsp3) is 0.333. The number of carbonyl (C=O) groups excluding carboxylic acids is 1. The number of thioether (sulfide) groups is 1. The molecule has 9 heteroatoms. The molecule has 8 nitrogen and oxygen atoms in total. The lowest BCUT2D eigenvalue weighted by Gasteiger charge is -2.28. The predicted molar refractivity (Wildman–Crippen MR) is 143 cm³/mol. The van der Waals surface area contributed by atoms with Crippen LogP contribution in [0.3, 0.4) is 0 Å². The molecule has 3 heterocycles. The number of fused-ring (bicyclic) bond motifs is 1. The molecular weight excluding hydrogens is 472 g/mol. The van der Waals surface area contributed by atoms with Gasteiger partial charge < -0.3 is 15.0 Å². The van der Waals surface area contributed by atoms with Crippen LogP contribution >= 0.6 is 11.8 Å². The molecule has 0 bridgehead atoms. The van der Waals surface area contributed by atoms with Crippen LogP contribution in [0.15, 0.2) is 66.0 Å². The molecule has 5 rings (SSSR count). The van der Waals surface area contributed by atoms with Crippen molar-refractivity contribution in [2.75, 3.05) is 30.3 Å². The second kappa shape index (κ2) is 11.4. The van der Waals surface area contributed by atoms with Crippen LogP contribution in [0.4, 0.5) is 5.82 Å². The Bertz CT molecular complexity index is 1320. The molecule has 1 aliphatic rings. The van der Waals surface area contributed by atoms with Crippen LogP contribution < -0.4 is 15.0 Å². The number of piperidine rings is 1. The number of benzene rings is 2. The van der Waals surface area contributed by atoms with Crippen molar-refractivity contribution >= 4 is 34.5 Å². The number of amides is 1. The topological polar surface area (TPSA) is 85.2 Å². The number of rotatable bonds is 9. The Morgan fingerprint density at radius 1 is 1.03 bits per heavy atom. The summed E-state index contributed by atoms with van der Waals surface area (Å²) in [4.78, 5) is 25.0. The first-order chi connectivity index (χ1) is 17.7. The Hall–Kier alpha value is -3.59. The third-order valence-electron chi connectivity index (χ3n) is 6.10. The zero-order chi connectivity index (χ0) is 24.7. The quantitative estimate of drug-likeness (QED) is 0.250. The van der Waals surface area contributed by atoms with Crippen molar-refractivity contribution < 1.29 is 9.53 Å². The SMILES string of the molecule is CCSc1nc(N2CCCCC2)c2cnn(CCNC(=O)c3ccccc3Oc3ccccc3)c2n1. The second-order valence-corrected chi connectivity index (χ2v) is 9.81. The summed E-state index contributed by atoms with van der Waals surface area (Å²) in [5, 5.41) is 9.33. The predicted octanol–water partition coefficient (Wildman–Crippen LogP) is 5.15. The van der Waals surface area contributed by atoms with E-state index in [1.54, 1.807) is 23.9 Å². The zero-order valence-corrected chi connectivity index (χ0v) is 21.2. The van der Waals surface area contributed by atoms with Gasteiger partial charge in [0.15, 0.2) is 10.8 Å². The minimum atomic E-state index is -0.191. The van der Waals surface area contributed by atoms with Crippen molar-refractivity contribution in [1.29, 1.82) is 0 Å². The largest absolute Gasteiger partial charge is 0.457 e. The van der Waals surface area contributed by atoms with E-state index >= 15 is 0 Å². The highest BCUT2D eigenvalue weighted by Gasteiger charge is 2.20. The molecule has 0 saturated carbocycles. The molecular formula is C27H30N6O2S. The molecule has 0 radical (unpaired) electrons. The highest BCUT2D eigenvalue weighted by molar-refractivity contribution is 7.99. The van der Waals surface area contributed by atoms with Crippen molar-refractivity contribution in [3.05, 3.63) is 66.4 Å². The van der Waals surface area contributed by atoms with Crippen molar-refractivity contribution in [1.82, 2.24) is 25.1 Å². The minimum Gasteiger partial charge on any atom is -0.457 e. The molecule has 0 aliphatic carbocycles. The van der Waals surface area contributed by atoms with Crippen molar-refractivity contribution in [2.24, 2.45) is 0 Å². The third kappa shape index (κ3) is 5.46. The number of nitrogens with one attached hydrogen (secondary N) is 1. The van der Waals surface area contributed by atoms with Gasteiger partial charge in [-0.3, -0.25) is 4.79 Å². The molecule has 186 valence electrons. The van der Waals surface area contributed by atoms with E-state index < -0.39 is 0 Å². The molecule has 1 amide bonds. The first-order valence-corrected chi connectivity index (χ1v) is 13.4. The van der Waals surface area contributed by atoms with Gasteiger partial charge in [0.1, 0.15) is 17.3 Å². The standard InChI is InChI=1S/C27H30N6O2S/c1-2-36-27-30-24(32-16-9-4-10-17-32)22-19-29-33(25(22)31-27)18-15-28-26(34)21-13-7-8-14-23(21)35-20-11-5-3-6-12-20/h3,5-8,11-14,19H,2,4,9-10,15-18H2,1H3,(H,28,34). The molecule has 1 fully saturated rings. The van der Waals surface area contributed by atoms with Gasteiger partial charge in [-0.05, 0) is 49.3 Å². The van der Waals surface area contributed by atoms with Gasteiger partial charge in [-0.15, -0.1) is 0 Å². The molecule has 2 aromatic heterocycles. The maximum absolute atomic E-state index is 13.0. The van der Waals surface area contributed by atoms with Crippen LogP contribution in [-0.4, -0.2) is 51.0 Å². The smallest absolute Gasteiger partial charge is 0.255 e. The van der Waals surface area contributed by atoms with E-state index in [4.69, 9.17) is 14.7 Å². The fourth-order valence-corrected chi connectivity index (χ4v) is 4.91. The molecule has 1 saturated heterocycles. The van der Waals surface area contributed by atoms with Gasteiger partial charge in [0, 0.05) is 19.6 Å². The Labute approximate surface area is 215 Å². The lowest BCUT2D eigenvalue weighted by Crippen LogP contribution is -2.30. The van der Waals surface area contributed by atoms with E-state index in [0.717, 1.165) is 40.9 Å². The van der Waals surface area contributed by atoms with Crippen LogP contribution in [0, 0.1) is 0 Å². The normalized spacial score (nSPS) is 13.6. The van der Waals surface area contributed by atoms with Crippen LogP contribution in [0.25, 0.3) is 11.0 Å². The van der Waals surface area contributed by atoms with Gasteiger partial charge in [0.05, 0.1) is 23.7 Å². The highest BCUT2D eigenvalue weighted by atomic mass is 32.2. The van der Waals surface area contributed by atoms with E-state index in [2.05, 4.69) is 22.2 Å². The van der Waals surface area contributed by atoms with Crippen molar-refractivity contribution in [3.63, 3.8) is 0 Å². The van der Waals surface area contributed by atoms with Gasteiger partial charge in [-0.25, -0.2) is 14.6 Å². The number of anilines is 1. The number of hydrogen-bond donors (Lipinski definition) is 1. The lowest BCUT2D eigenvalue weighted by molar-refractivity contribution is 0.0949. The number of carbonyl (C=O) groups is 1. The van der Waals surface area contributed by atoms with Crippen LogP contribution in [0.2, 0.25) is 0 Å². The number of hydrogen-bond acceptors (Lipinski definition) is 7. The van der Waals surface area contributed by atoms with E-state index in [9.17, 15) is 4.79 Å². The Balaban J connectivity index is 1.30. The van der Waals surface area contributed by atoms with Gasteiger partial charge in [-0.2, -0.15) is 5.10 Å². The summed E-state index contributed by atoms with van der Waals surface area (Å²) in [6.45, 7) is 5.03. The highest BCUT2D eigenvalue weighted by Crippen LogP contribution is 2.29. The van der Waals surface area contributed by atoms with Crippen LogP contribution in [0.1, 0.15) is 36.5 Å². The third-order valence-corrected chi connectivity index (χ3v) is 6.83. The van der Waals surface area contributed by atoms with Crippen LogP contribution in [-0.2, 0) is 6.54 Å². The Morgan fingerprint density at radius 2 is 1.81 bits per heavy atom. The summed E-state index contributed by atoms with van der Waals surface area (Å²) in [6.07, 6.45) is 5.47. The number of nitrogens with zero attached hydrogens (tertiary/aromatic N) is 5. The number of para-hydroxylation sites is 2. The summed E-state index contributed by atoms with van der Waals surface area (Å²) in [6, 6.07) is 16.7. The number of ether oxygens (including phenoxy) is 1. The molecule has 2 aromatic carbocycles. The van der Waals surface area contributed by atoms with Gasteiger partial charge in [0.2, 0.25) is 0 Å². The van der Waals surface area contributed by atoms with Crippen molar-refractivity contribution in [2.45, 2.75) is 37.9 Å². The summed E-state index contributed by atoms with van der Waals surface area (Å²) in [5.41, 5.74) is 1.30. The number of aromatic nitrogens is 4. The van der Waals surface area contributed by atoms with E-state index in [1.807, 2.05) is 53.3 Å². The molecule has 1 N–H and O–H groups in total. The summed E-state index contributed by atoms with van der Waals surface area (Å²) < 4.78 is 7.80. The lowest BCUT2D eigenvalue weighted by atomic mass is 10.1. The molecule has 36 heavy (non-hydrogen) atoms. The molecule has 0 spiro atoms. The van der Waals surface area contributed by atoms with Gasteiger partial charge in [0.25, 0.3) is 5.91 Å². The maximum atomic E-state index is 13.0. The summed E-state index contributed by atoms with van der Waals surface area (Å²) in [7, 11) is 0. The molecule has 0 atom stereocenters. The van der Waals surface area contributed by atoms with Crippen molar-refractivity contribution in [3.8, 4) is 11.5 Å². The summed E-state index contributed by atoms with van der Waals surface area (Å²) >= 11 is 1.63. The van der Waals surface area contributed by atoms with E-state index in [-0.39, 0.29) is 5.91 Å². The zero-order valence-electron chi connectivity index (χ0n) is 20.4. The first kappa shape index (κ1) is 24.1. The monoisotopic (exact) mass is 502 g/mol. The minimum absolute atomic E-state index is 0.191. The van der Waals surface area contributed by atoms with Crippen LogP contribution in [0.5, 0.6) is 11.5 Å². The molecule has 4 aromatic rings. The Morgan fingerprint density at radius 3 is 2.61 bits per heavy atom. The molecule has 0 unspecified atom stereocenters. The fourth-order valence-electron chi connectivity index (χ4n) is 4.35. The van der Waals surface area contributed by atoms with E-state index in [1.165, 1.54) is 19.3 Å². The average molecular weight is 503 g/mol. The second-order valence-electron chi connectivity index (χ2n) is 8.58. The average Bonchev–Trinajstić information content (AvgIpc) is 3.32. The molecule has 1 aliphatic heterocycles. The Kier molecular flexibility index (Phi) is 7.66. The van der Waals surface area contributed by atoms with E-state index in [0.29, 0.717) is 30.2 Å². The first-order valence-electron chi connectivity index (χ1n) is 12.4. The summed E-state index contributed by atoms with van der Waals surface area (Å²) in [5.74, 6) is 2.89. The van der Waals surface area contributed by atoms with Gasteiger partial charge in [-0.1, -0.05) is 49.0 Å². The van der Waals surface area contributed by atoms with Gasteiger partial charge >= 0.3 is 0 Å².